The predicted octanol–water partition coefficient (Wildman–Crippen LogP) is 2.60. The van der Waals surface area contributed by atoms with Crippen molar-refractivity contribution >= 4 is 27.5 Å². The lowest BCUT2D eigenvalue weighted by molar-refractivity contribution is -0.404. The zero-order chi connectivity index (χ0) is 13.7. The number of ether oxygens (including phenoxy) is 1. The molecule has 1 unspecified atom stereocenters. The Morgan fingerprint density at radius 3 is 2.94 bits per heavy atom. The molecule has 0 saturated heterocycles. The van der Waals surface area contributed by atoms with E-state index in [0.29, 0.717) is 21.1 Å². The second kappa shape index (κ2) is 6.55. The van der Waals surface area contributed by atoms with E-state index >= 15 is 0 Å². The van der Waals surface area contributed by atoms with Gasteiger partial charge in [0.25, 0.3) is 6.20 Å². The van der Waals surface area contributed by atoms with Crippen LogP contribution in [0.3, 0.4) is 0 Å². The molecule has 1 aromatic heterocycles. The average molecular weight is 337 g/mol. The van der Waals surface area contributed by atoms with Gasteiger partial charge in [-0.1, -0.05) is 11.6 Å². The number of pyridine rings is 1. The Labute approximate surface area is 117 Å². The molecule has 0 saturated carbocycles. The van der Waals surface area contributed by atoms with Crippen LogP contribution >= 0.6 is 27.5 Å². The summed E-state index contributed by atoms with van der Waals surface area (Å²) in [5.41, 5.74) is 0.353. The minimum Gasteiger partial charge on any atom is -0.483 e. The Morgan fingerprint density at radius 2 is 2.44 bits per heavy atom. The second-order valence-electron chi connectivity index (χ2n) is 3.32. The van der Waals surface area contributed by atoms with Crippen molar-refractivity contribution in [1.29, 1.82) is 0 Å². The minimum atomic E-state index is -0.540. The second-order valence-corrected chi connectivity index (χ2v) is 4.54. The zero-order valence-electron chi connectivity index (χ0n) is 9.68. The van der Waals surface area contributed by atoms with Crippen molar-refractivity contribution < 1.29 is 9.66 Å². The fourth-order valence-corrected chi connectivity index (χ4v) is 1.65. The van der Waals surface area contributed by atoms with Crippen LogP contribution in [0.25, 0.3) is 0 Å². The van der Waals surface area contributed by atoms with Crippen LogP contribution in [0, 0.1) is 10.1 Å². The van der Waals surface area contributed by atoms with Crippen LogP contribution in [0.1, 0.15) is 6.92 Å². The van der Waals surface area contributed by atoms with E-state index in [1.165, 1.54) is 6.20 Å². The summed E-state index contributed by atoms with van der Waals surface area (Å²) in [5, 5.41) is 13.5. The SMILES string of the molecule is CNC(=C[N+](=O)[O-])C(C)Oc1cnc(Cl)c(Br)c1. The van der Waals surface area contributed by atoms with Crippen LogP contribution in [-0.2, 0) is 0 Å². The Kier molecular flexibility index (Phi) is 5.36. The van der Waals surface area contributed by atoms with Crippen molar-refractivity contribution in [2.75, 3.05) is 7.05 Å². The van der Waals surface area contributed by atoms with E-state index < -0.39 is 11.0 Å². The van der Waals surface area contributed by atoms with E-state index in [4.69, 9.17) is 16.3 Å². The molecular formula is C10H11BrClN3O3. The van der Waals surface area contributed by atoms with Gasteiger partial charge >= 0.3 is 0 Å². The summed E-state index contributed by atoms with van der Waals surface area (Å²) in [6, 6.07) is 1.64. The molecule has 0 spiro atoms. The molecule has 98 valence electrons. The summed E-state index contributed by atoms with van der Waals surface area (Å²) >= 11 is 8.97. The highest BCUT2D eigenvalue weighted by molar-refractivity contribution is 9.10. The molecule has 0 radical (unpaired) electrons. The maximum absolute atomic E-state index is 10.4. The lowest BCUT2D eigenvalue weighted by Crippen LogP contribution is -2.25. The smallest absolute Gasteiger partial charge is 0.257 e. The van der Waals surface area contributed by atoms with Gasteiger partial charge in [-0.25, -0.2) is 4.98 Å². The molecule has 1 rings (SSSR count). The van der Waals surface area contributed by atoms with Crippen LogP contribution in [0.2, 0.25) is 5.15 Å². The van der Waals surface area contributed by atoms with E-state index in [-0.39, 0.29) is 0 Å². The Hall–Kier alpha value is -1.34. The van der Waals surface area contributed by atoms with Gasteiger partial charge in [0.15, 0.2) is 0 Å². The Morgan fingerprint density at radius 1 is 1.78 bits per heavy atom. The summed E-state index contributed by atoms with van der Waals surface area (Å²) < 4.78 is 6.11. The molecule has 0 aliphatic carbocycles. The zero-order valence-corrected chi connectivity index (χ0v) is 12.0. The van der Waals surface area contributed by atoms with Gasteiger partial charge in [-0.2, -0.15) is 0 Å². The molecule has 0 aromatic carbocycles. The van der Waals surface area contributed by atoms with Gasteiger partial charge in [0, 0.05) is 7.05 Å². The van der Waals surface area contributed by atoms with Crippen molar-refractivity contribution in [2.24, 2.45) is 0 Å². The highest BCUT2D eigenvalue weighted by Gasteiger charge is 2.14. The highest BCUT2D eigenvalue weighted by Crippen LogP contribution is 2.25. The van der Waals surface area contributed by atoms with E-state index in [9.17, 15) is 10.1 Å². The number of hydrogen-bond acceptors (Lipinski definition) is 5. The van der Waals surface area contributed by atoms with Gasteiger partial charge in [0.2, 0.25) is 0 Å². The van der Waals surface area contributed by atoms with E-state index in [1.54, 1.807) is 20.0 Å². The van der Waals surface area contributed by atoms with Crippen LogP contribution in [0.4, 0.5) is 0 Å². The number of halogens is 2. The molecular weight excluding hydrogens is 325 g/mol. The quantitative estimate of drug-likeness (QED) is 0.508. The molecule has 0 bridgehead atoms. The van der Waals surface area contributed by atoms with Crippen LogP contribution < -0.4 is 10.1 Å². The summed E-state index contributed by atoms with van der Waals surface area (Å²) in [7, 11) is 1.59. The number of aromatic nitrogens is 1. The first-order valence-electron chi connectivity index (χ1n) is 4.94. The molecule has 0 aliphatic heterocycles. The van der Waals surface area contributed by atoms with Gasteiger partial charge in [0.1, 0.15) is 22.7 Å². The number of nitrogens with zero attached hydrogens (tertiary/aromatic N) is 2. The molecule has 0 aliphatic rings. The van der Waals surface area contributed by atoms with Crippen LogP contribution in [-0.4, -0.2) is 23.1 Å². The molecule has 1 aromatic rings. The highest BCUT2D eigenvalue weighted by atomic mass is 79.9. The lowest BCUT2D eigenvalue weighted by atomic mass is 10.3. The van der Waals surface area contributed by atoms with Crippen molar-refractivity contribution in [3.63, 3.8) is 0 Å². The van der Waals surface area contributed by atoms with E-state index in [2.05, 4.69) is 26.2 Å². The largest absolute Gasteiger partial charge is 0.483 e. The molecule has 8 heteroatoms. The number of rotatable bonds is 5. The van der Waals surface area contributed by atoms with Gasteiger partial charge in [-0.3, -0.25) is 10.1 Å². The number of nitro groups is 1. The first-order chi connectivity index (χ1) is 8.43. The van der Waals surface area contributed by atoms with Gasteiger partial charge in [-0.05, 0) is 28.9 Å². The predicted molar refractivity (Wildman–Crippen MR) is 71.2 cm³/mol. The third kappa shape index (κ3) is 4.15. The molecule has 6 nitrogen and oxygen atoms in total. The van der Waals surface area contributed by atoms with Crippen LogP contribution in [0.5, 0.6) is 5.75 Å². The molecule has 0 fully saturated rings. The average Bonchev–Trinajstić information content (AvgIpc) is 2.30. The molecule has 1 N–H and O–H groups in total. The number of hydrogen-bond donors (Lipinski definition) is 1. The first-order valence-corrected chi connectivity index (χ1v) is 6.11. The van der Waals surface area contributed by atoms with Gasteiger partial charge < -0.3 is 10.1 Å². The summed E-state index contributed by atoms with van der Waals surface area (Å²) in [5.74, 6) is 0.461. The Bertz CT molecular complexity index is 481. The Balaban J connectivity index is 2.82. The standard InChI is InChI=1S/C10H11BrClN3O3/c1-6(9(13-2)5-15(16)17)18-7-3-8(11)10(12)14-4-7/h3-6,13H,1-2H3. The third-order valence-corrected chi connectivity index (χ3v) is 3.19. The fraction of sp³-hybridized carbons (Fsp3) is 0.300. The van der Waals surface area contributed by atoms with Crippen molar-refractivity contribution in [3.8, 4) is 5.75 Å². The number of nitrogens with one attached hydrogen (secondary N) is 1. The summed E-state index contributed by atoms with van der Waals surface area (Å²) in [6.07, 6.45) is 1.81. The fourth-order valence-electron chi connectivity index (χ4n) is 1.22. The van der Waals surface area contributed by atoms with Crippen LogP contribution in [0.15, 0.2) is 28.6 Å². The van der Waals surface area contributed by atoms with Crippen molar-refractivity contribution in [1.82, 2.24) is 10.3 Å². The first kappa shape index (κ1) is 14.7. The van der Waals surface area contributed by atoms with Crippen molar-refractivity contribution in [3.05, 3.63) is 43.9 Å². The third-order valence-electron chi connectivity index (χ3n) is 2.06. The van der Waals surface area contributed by atoms with Gasteiger partial charge in [-0.15, -0.1) is 0 Å². The summed E-state index contributed by atoms with van der Waals surface area (Å²) in [4.78, 5) is 13.8. The number of likely N-dealkylation sites (N-methyl/N-ethyl adjacent to an activating group) is 1. The topological polar surface area (TPSA) is 77.3 Å². The minimum absolute atomic E-state index is 0.324. The van der Waals surface area contributed by atoms with E-state index in [1.807, 2.05) is 0 Å². The lowest BCUT2D eigenvalue weighted by Gasteiger charge is -2.16. The molecule has 1 atom stereocenters. The maximum Gasteiger partial charge on any atom is 0.257 e. The maximum atomic E-state index is 10.4. The summed E-state index contributed by atoms with van der Waals surface area (Å²) in [6.45, 7) is 1.69. The van der Waals surface area contributed by atoms with Crippen molar-refractivity contribution in [2.45, 2.75) is 13.0 Å². The molecule has 18 heavy (non-hydrogen) atoms. The monoisotopic (exact) mass is 335 g/mol. The van der Waals surface area contributed by atoms with Gasteiger partial charge in [0.05, 0.1) is 15.6 Å². The molecule has 1 heterocycles. The van der Waals surface area contributed by atoms with E-state index in [0.717, 1.165) is 6.20 Å². The normalized spacial score (nSPS) is 13.0. The molecule has 0 amide bonds.